The van der Waals surface area contributed by atoms with E-state index in [0.717, 1.165) is 16.9 Å². The average Bonchev–Trinajstić information content (AvgIpc) is 2.69. The van der Waals surface area contributed by atoms with Gasteiger partial charge in [0.2, 0.25) is 5.91 Å². The summed E-state index contributed by atoms with van der Waals surface area (Å²) in [6.07, 6.45) is -0.714. The fourth-order valence-corrected chi connectivity index (χ4v) is 2.66. The summed E-state index contributed by atoms with van der Waals surface area (Å²) in [5.74, 6) is 1.13. The number of benzene rings is 2. The fraction of sp³-hybridized carbons (Fsp3) is 0.391. The van der Waals surface area contributed by atoms with Gasteiger partial charge in [-0.2, -0.15) is 0 Å². The second-order valence-corrected chi connectivity index (χ2v) is 7.16. The first-order valence-corrected chi connectivity index (χ1v) is 9.87. The summed E-state index contributed by atoms with van der Waals surface area (Å²) >= 11 is 0. The number of hydrogen-bond acceptors (Lipinski definition) is 4. The first-order chi connectivity index (χ1) is 13.8. The fourth-order valence-electron chi connectivity index (χ4n) is 2.66. The molecular formula is C23H30N2O4. The highest BCUT2D eigenvalue weighted by atomic mass is 16.5. The van der Waals surface area contributed by atoms with Crippen LogP contribution < -0.4 is 20.1 Å². The lowest BCUT2D eigenvalue weighted by Gasteiger charge is -2.18. The first kappa shape index (κ1) is 22.3. The van der Waals surface area contributed by atoms with E-state index in [9.17, 15) is 9.59 Å². The molecule has 1 unspecified atom stereocenters. The lowest BCUT2D eigenvalue weighted by molar-refractivity contribution is -0.129. The minimum Gasteiger partial charge on any atom is -0.494 e. The predicted molar refractivity (Wildman–Crippen MR) is 115 cm³/mol. The van der Waals surface area contributed by atoms with Gasteiger partial charge >= 0.3 is 0 Å². The van der Waals surface area contributed by atoms with Crippen molar-refractivity contribution in [2.24, 2.45) is 0 Å². The zero-order chi connectivity index (χ0) is 21.4. The van der Waals surface area contributed by atoms with Crippen LogP contribution >= 0.6 is 0 Å². The van der Waals surface area contributed by atoms with E-state index in [1.54, 1.807) is 31.2 Å². The van der Waals surface area contributed by atoms with Crippen LogP contribution in [-0.2, 0) is 9.59 Å². The summed E-state index contributed by atoms with van der Waals surface area (Å²) in [6.45, 7) is 10.2. The molecule has 0 spiro atoms. The van der Waals surface area contributed by atoms with Crippen molar-refractivity contribution in [3.8, 4) is 11.5 Å². The second kappa shape index (κ2) is 10.5. The van der Waals surface area contributed by atoms with Gasteiger partial charge in [-0.25, -0.2) is 0 Å². The Hall–Kier alpha value is -3.02. The molecule has 2 aromatic carbocycles. The maximum atomic E-state index is 12.3. The Bertz CT molecular complexity index is 831. The van der Waals surface area contributed by atoms with Gasteiger partial charge in [0.25, 0.3) is 5.91 Å². The van der Waals surface area contributed by atoms with Crippen LogP contribution in [0.2, 0.25) is 0 Å². The zero-order valence-electron chi connectivity index (χ0n) is 17.7. The van der Waals surface area contributed by atoms with E-state index < -0.39 is 6.10 Å². The third-order valence-corrected chi connectivity index (χ3v) is 4.42. The molecule has 1 atom stereocenters. The van der Waals surface area contributed by atoms with Crippen molar-refractivity contribution < 1.29 is 19.1 Å². The Morgan fingerprint density at radius 1 is 1.03 bits per heavy atom. The molecule has 0 aromatic heterocycles. The maximum Gasteiger partial charge on any atom is 0.261 e. The summed E-state index contributed by atoms with van der Waals surface area (Å²) in [5.41, 5.74) is 2.74. The van der Waals surface area contributed by atoms with Crippen molar-refractivity contribution in [3.05, 3.63) is 53.6 Å². The Morgan fingerprint density at radius 2 is 1.72 bits per heavy atom. The predicted octanol–water partition coefficient (Wildman–Crippen LogP) is 4.04. The van der Waals surface area contributed by atoms with Gasteiger partial charge in [-0.15, -0.1) is 0 Å². The van der Waals surface area contributed by atoms with E-state index in [1.165, 1.54) is 0 Å². The van der Waals surface area contributed by atoms with Crippen molar-refractivity contribution in [2.45, 2.75) is 46.6 Å². The molecule has 0 fully saturated rings. The van der Waals surface area contributed by atoms with Crippen LogP contribution in [0.1, 0.15) is 44.7 Å². The van der Waals surface area contributed by atoms with Gasteiger partial charge in [0.05, 0.1) is 13.2 Å². The summed E-state index contributed by atoms with van der Waals surface area (Å²) in [4.78, 5) is 24.4. The van der Waals surface area contributed by atoms with Crippen molar-refractivity contribution in [1.29, 1.82) is 0 Å². The van der Waals surface area contributed by atoms with Crippen molar-refractivity contribution in [1.82, 2.24) is 5.32 Å². The molecule has 2 aromatic rings. The monoisotopic (exact) mass is 398 g/mol. The topological polar surface area (TPSA) is 76.7 Å². The Labute approximate surface area is 172 Å². The molecule has 0 bridgehead atoms. The van der Waals surface area contributed by atoms with Crippen molar-refractivity contribution in [3.63, 3.8) is 0 Å². The normalized spacial score (nSPS) is 11.7. The molecule has 0 aliphatic carbocycles. The van der Waals surface area contributed by atoms with Crippen LogP contribution in [0.25, 0.3) is 0 Å². The summed E-state index contributed by atoms with van der Waals surface area (Å²) in [6, 6.07) is 13.1. The molecule has 6 nitrogen and oxygen atoms in total. The lowest BCUT2D eigenvalue weighted by Crippen LogP contribution is -2.40. The molecule has 0 aliphatic rings. The third kappa shape index (κ3) is 6.82. The lowest BCUT2D eigenvalue weighted by atomic mass is 10.0. The van der Waals surface area contributed by atoms with Crippen molar-refractivity contribution >= 4 is 17.5 Å². The van der Waals surface area contributed by atoms with Crippen LogP contribution in [0, 0.1) is 6.92 Å². The van der Waals surface area contributed by atoms with E-state index in [2.05, 4.69) is 30.5 Å². The summed E-state index contributed by atoms with van der Waals surface area (Å²) < 4.78 is 11.2. The number of anilines is 1. The number of carbonyl (C=O) groups is 2. The molecule has 156 valence electrons. The SMILES string of the molecule is CCOc1ccc(NC(=O)CNC(=O)C(C)Oc2cc(C(C)C)ccc2C)cc1. The molecule has 0 saturated carbocycles. The quantitative estimate of drug-likeness (QED) is 0.668. The molecule has 0 radical (unpaired) electrons. The average molecular weight is 399 g/mol. The molecular weight excluding hydrogens is 368 g/mol. The number of hydrogen-bond donors (Lipinski definition) is 2. The van der Waals surface area contributed by atoms with Crippen LogP contribution in [0.15, 0.2) is 42.5 Å². The Kier molecular flexibility index (Phi) is 8.07. The third-order valence-electron chi connectivity index (χ3n) is 4.42. The van der Waals surface area contributed by atoms with Crippen LogP contribution in [0.5, 0.6) is 11.5 Å². The van der Waals surface area contributed by atoms with E-state index in [4.69, 9.17) is 9.47 Å². The van der Waals surface area contributed by atoms with E-state index in [0.29, 0.717) is 24.0 Å². The molecule has 0 heterocycles. The number of rotatable bonds is 9. The van der Waals surface area contributed by atoms with Gasteiger partial charge in [0.15, 0.2) is 6.10 Å². The van der Waals surface area contributed by atoms with Gasteiger partial charge in [0.1, 0.15) is 11.5 Å². The van der Waals surface area contributed by atoms with E-state index in [1.807, 2.05) is 26.0 Å². The zero-order valence-corrected chi connectivity index (χ0v) is 17.7. The second-order valence-electron chi connectivity index (χ2n) is 7.16. The Morgan fingerprint density at radius 3 is 2.34 bits per heavy atom. The molecule has 29 heavy (non-hydrogen) atoms. The maximum absolute atomic E-state index is 12.3. The first-order valence-electron chi connectivity index (χ1n) is 9.87. The molecule has 2 amide bonds. The molecule has 2 N–H and O–H groups in total. The van der Waals surface area contributed by atoms with Gasteiger partial charge < -0.3 is 20.1 Å². The highest BCUT2D eigenvalue weighted by Gasteiger charge is 2.17. The highest BCUT2D eigenvalue weighted by molar-refractivity contribution is 5.95. The number of amides is 2. The Balaban J connectivity index is 1.85. The molecule has 6 heteroatoms. The molecule has 2 rings (SSSR count). The number of nitrogens with one attached hydrogen (secondary N) is 2. The van der Waals surface area contributed by atoms with E-state index in [-0.39, 0.29) is 18.4 Å². The van der Waals surface area contributed by atoms with Gasteiger partial charge in [-0.3, -0.25) is 9.59 Å². The van der Waals surface area contributed by atoms with E-state index >= 15 is 0 Å². The minimum absolute atomic E-state index is 0.134. The molecule has 0 aliphatic heterocycles. The number of carbonyl (C=O) groups excluding carboxylic acids is 2. The summed E-state index contributed by atoms with van der Waals surface area (Å²) in [5, 5.41) is 5.34. The number of ether oxygens (including phenoxy) is 2. The minimum atomic E-state index is -0.714. The van der Waals surface area contributed by atoms with Crippen LogP contribution in [0.4, 0.5) is 5.69 Å². The highest BCUT2D eigenvalue weighted by Crippen LogP contribution is 2.25. The smallest absolute Gasteiger partial charge is 0.261 e. The number of aryl methyl sites for hydroxylation is 1. The largest absolute Gasteiger partial charge is 0.494 e. The van der Waals surface area contributed by atoms with Gasteiger partial charge in [-0.1, -0.05) is 26.0 Å². The van der Waals surface area contributed by atoms with Crippen molar-refractivity contribution in [2.75, 3.05) is 18.5 Å². The van der Waals surface area contributed by atoms with Gasteiger partial charge in [0, 0.05) is 5.69 Å². The summed E-state index contributed by atoms with van der Waals surface area (Å²) in [7, 11) is 0. The van der Waals surface area contributed by atoms with Crippen LogP contribution in [-0.4, -0.2) is 31.1 Å². The van der Waals surface area contributed by atoms with Gasteiger partial charge in [-0.05, 0) is 68.1 Å². The van der Waals surface area contributed by atoms with Crippen LogP contribution in [0.3, 0.4) is 0 Å². The standard InChI is InChI=1S/C23H30N2O4/c1-6-28-20-11-9-19(10-12-20)25-22(26)14-24-23(27)17(5)29-21-13-18(15(2)3)8-7-16(21)4/h7-13,15,17H,6,14H2,1-5H3,(H,24,27)(H,25,26). The molecule has 0 saturated heterocycles.